The lowest BCUT2D eigenvalue weighted by Gasteiger charge is -2.12. The van der Waals surface area contributed by atoms with Gasteiger partial charge in [0.1, 0.15) is 11.9 Å². The summed E-state index contributed by atoms with van der Waals surface area (Å²) in [5, 5.41) is 0. The number of nitrogens with zero attached hydrogens (tertiary/aromatic N) is 1. The molecule has 1 unspecified atom stereocenters. The van der Waals surface area contributed by atoms with Crippen molar-refractivity contribution in [3.8, 4) is 5.75 Å². The third kappa shape index (κ3) is 3.76. The van der Waals surface area contributed by atoms with Crippen molar-refractivity contribution in [1.29, 1.82) is 0 Å². The molecule has 1 aliphatic carbocycles. The SMILES string of the molecule is CCOc1ccc(S(=O)(=O)NCC2CN(C3CC3)C(=O)O2)cc1. The quantitative estimate of drug-likeness (QED) is 0.810. The first-order valence-electron chi connectivity index (χ1n) is 7.69. The Bertz CT molecular complexity index is 670. The molecule has 1 atom stereocenters. The molecule has 2 aliphatic rings. The molecule has 0 radical (unpaired) electrons. The van der Waals surface area contributed by atoms with Crippen LogP contribution in [0.1, 0.15) is 19.8 Å². The lowest BCUT2D eigenvalue weighted by Crippen LogP contribution is -2.35. The third-order valence-corrected chi connectivity index (χ3v) is 5.28. The molecular formula is C15H20N2O5S. The van der Waals surface area contributed by atoms with Crippen LogP contribution in [0.2, 0.25) is 0 Å². The average molecular weight is 340 g/mol. The van der Waals surface area contributed by atoms with Crippen LogP contribution in [-0.4, -0.2) is 51.3 Å². The summed E-state index contributed by atoms with van der Waals surface area (Å²) in [4.78, 5) is 13.5. The Kier molecular flexibility index (Phi) is 4.45. The van der Waals surface area contributed by atoms with Crippen LogP contribution >= 0.6 is 0 Å². The summed E-state index contributed by atoms with van der Waals surface area (Å²) in [6.07, 6.45) is 1.21. The topological polar surface area (TPSA) is 84.9 Å². The maximum Gasteiger partial charge on any atom is 0.410 e. The smallest absolute Gasteiger partial charge is 0.410 e. The largest absolute Gasteiger partial charge is 0.494 e. The molecule has 8 heteroatoms. The van der Waals surface area contributed by atoms with Crippen molar-refractivity contribution >= 4 is 16.1 Å². The fourth-order valence-electron chi connectivity index (χ4n) is 2.50. The van der Waals surface area contributed by atoms with E-state index in [4.69, 9.17) is 9.47 Å². The molecule has 1 saturated carbocycles. The standard InChI is InChI=1S/C15H20N2O5S/c1-2-21-12-5-7-14(8-6-12)23(19,20)16-9-13-10-17(11-3-4-11)15(18)22-13/h5-8,11,13,16H,2-4,9-10H2,1H3. The van der Waals surface area contributed by atoms with Gasteiger partial charge in [0.15, 0.2) is 0 Å². The van der Waals surface area contributed by atoms with Gasteiger partial charge in [-0.1, -0.05) is 0 Å². The maximum absolute atomic E-state index is 12.3. The van der Waals surface area contributed by atoms with Crippen LogP contribution in [0.25, 0.3) is 0 Å². The normalized spacial score (nSPS) is 21.3. The van der Waals surface area contributed by atoms with Gasteiger partial charge in [-0.05, 0) is 44.0 Å². The van der Waals surface area contributed by atoms with E-state index in [-0.39, 0.29) is 23.6 Å². The number of cyclic esters (lactones) is 1. The summed E-state index contributed by atoms with van der Waals surface area (Å²) in [7, 11) is -3.63. The molecule has 1 N–H and O–H groups in total. The van der Waals surface area contributed by atoms with Gasteiger partial charge in [0.05, 0.1) is 18.0 Å². The van der Waals surface area contributed by atoms with Crippen LogP contribution in [0.4, 0.5) is 4.79 Å². The van der Waals surface area contributed by atoms with Crippen LogP contribution in [0.3, 0.4) is 0 Å². The van der Waals surface area contributed by atoms with E-state index >= 15 is 0 Å². The van der Waals surface area contributed by atoms with E-state index in [1.54, 1.807) is 17.0 Å². The Labute approximate surface area is 135 Å². The van der Waals surface area contributed by atoms with E-state index in [0.717, 1.165) is 12.8 Å². The number of sulfonamides is 1. The highest BCUT2D eigenvalue weighted by Gasteiger charge is 2.41. The zero-order chi connectivity index (χ0) is 16.4. The molecule has 23 heavy (non-hydrogen) atoms. The highest BCUT2D eigenvalue weighted by Crippen LogP contribution is 2.30. The van der Waals surface area contributed by atoms with Gasteiger partial charge < -0.3 is 14.4 Å². The van der Waals surface area contributed by atoms with Gasteiger partial charge in [-0.2, -0.15) is 0 Å². The second kappa shape index (κ2) is 6.37. The number of hydrogen-bond acceptors (Lipinski definition) is 5. The molecule has 0 bridgehead atoms. The molecule has 0 aromatic heterocycles. The van der Waals surface area contributed by atoms with Crippen LogP contribution in [0.5, 0.6) is 5.75 Å². The van der Waals surface area contributed by atoms with Crippen molar-refractivity contribution in [1.82, 2.24) is 9.62 Å². The number of carbonyl (C=O) groups is 1. The predicted molar refractivity (Wildman–Crippen MR) is 82.8 cm³/mol. The van der Waals surface area contributed by atoms with Gasteiger partial charge in [0, 0.05) is 12.6 Å². The van der Waals surface area contributed by atoms with Crippen LogP contribution < -0.4 is 9.46 Å². The minimum Gasteiger partial charge on any atom is -0.494 e. The highest BCUT2D eigenvalue weighted by atomic mass is 32.2. The van der Waals surface area contributed by atoms with E-state index in [1.807, 2.05) is 6.92 Å². The molecule has 0 spiro atoms. The van der Waals surface area contributed by atoms with Crippen molar-refractivity contribution in [2.75, 3.05) is 19.7 Å². The molecule has 126 valence electrons. The van der Waals surface area contributed by atoms with Crippen molar-refractivity contribution in [3.05, 3.63) is 24.3 Å². The first-order valence-corrected chi connectivity index (χ1v) is 9.17. The first kappa shape index (κ1) is 16.1. The summed E-state index contributed by atoms with van der Waals surface area (Å²) >= 11 is 0. The Morgan fingerprint density at radius 2 is 2.00 bits per heavy atom. The molecule has 1 aromatic carbocycles. The van der Waals surface area contributed by atoms with Gasteiger partial charge in [0.2, 0.25) is 10.0 Å². The number of benzene rings is 1. The van der Waals surface area contributed by atoms with Crippen LogP contribution in [-0.2, 0) is 14.8 Å². The van der Waals surface area contributed by atoms with E-state index in [0.29, 0.717) is 18.9 Å². The second-order valence-electron chi connectivity index (χ2n) is 5.65. The zero-order valence-corrected chi connectivity index (χ0v) is 13.7. The summed E-state index contributed by atoms with van der Waals surface area (Å²) < 4.78 is 37.5. The minimum atomic E-state index is -3.63. The number of rotatable bonds is 7. The van der Waals surface area contributed by atoms with Gasteiger partial charge in [0.25, 0.3) is 0 Å². The Balaban J connectivity index is 1.57. The molecule has 1 aromatic rings. The van der Waals surface area contributed by atoms with Gasteiger partial charge in [-0.15, -0.1) is 0 Å². The van der Waals surface area contributed by atoms with Gasteiger partial charge in [-0.3, -0.25) is 0 Å². The Morgan fingerprint density at radius 1 is 1.30 bits per heavy atom. The Morgan fingerprint density at radius 3 is 2.61 bits per heavy atom. The summed E-state index contributed by atoms with van der Waals surface area (Å²) in [6, 6.07) is 6.48. The van der Waals surface area contributed by atoms with Crippen molar-refractivity contribution in [3.63, 3.8) is 0 Å². The monoisotopic (exact) mass is 340 g/mol. The van der Waals surface area contributed by atoms with Gasteiger partial charge >= 0.3 is 6.09 Å². The Hall–Kier alpha value is -1.80. The first-order chi connectivity index (χ1) is 11.0. The summed E-state index contributed by atoms with van der Waals surface area (Å²) in [6.45, 7) is 2.90. The van der Waals surface area contributed by atoms with E-state index in [1.165, 1.54) is 12.1 Å². The van der Waals surface area contributed by atoms with Crippen LogP contribution in [0, 0.1) is 0 Å². The minimum absolute atomic E-state index is 0.0739. The summed E-state index contributed by atoms with van der Waals surface area (Å²) in [5.74, 6) is 0.622. The van der Waals surface area contributed by atoms with Crippen molar-refractivity contribution in [2.24, 2.45) is 0 Å². The number of nitrogens with one attached hydrogen (secondary N) is 1. The molecule has 2 fully saturated rings. The molecular weight excluding hydrogens is 320 g/mol. The maximum atomic E-state index is 12.3. The predicted octanol–water partition coefficient (Wildman–Crippen LogP) is 1.35. The number of hydrogen-bond donors (Lipinski definition) is 1. The van der Waals surface area contributed by atoms with E-state index < -0.39 is 16.1 Å². The molecule has 1 heterocycles. The van der Waals surface area contributed by atoms with Crippen molar-refractivity contribution < 1.29 is 22.7 Å². The number of ether oxygens (including phenoxy) is 2. The lowest BCUT2D eigenvalue weighted by molar-refractivity contribution is 0.133. The number of amides is 1. The molecule has 7 nitrogen and oxygen atoms in total. The van der Waals surface area contributed by atoms with E-state index in [2.05, 4.69) is 4.72 Å². The van der Waals surface area contributed by atoms with Crippen LogP contribution in [0.15, 0.2) is 29.2 Å². The fourth-order valence-corrected chi connectivity index (χ4v) is 3.57. The average Bonchev–Trinajstić information content (AvgIpc) is 3.30. The number of carbonyl (C=O) groups excluding carboxylic acids is 1. The molecule has 1 saturated heterocycles. The van der Waals surface area contributed by atoms with Crippen molar-refractivity contribution in [2.45, 2.75) is 36.8 Å². The highest BCUT2D eigenvalue weighted by molar-refractivity contribution is 7.89. The molecule has 3 rings (SSSR count). The lowest BCUT2D eigenvalue weighted by atomic mass is 10.3. The summed E-state index contributed by atoms with van der Waals surface area (Å²) in [5.41, 5.74) is 0. The van der Waals surface area contributed by atoms with E-state index in [9.17, 15) is 13.2 Å². The fraction of sp³-hybridized carbons (Fsp3) is 0.533. The second-order valence-corrected chi connectivity index (χ2v) is 7.41. The zero-order valence-electron chi connectivity index (χ0n) is 12.9. The third-order valence-electron chi connectivity index (χ3n) is 3.84. The van der Waals surface area contributed by atoms with Gasteiger partial charge in [-0.25, -0.2) is 17.9 Å². The molecule has 1 aliphatic heterocycles. The molecule has 1 amide bonds.